The van der Waals surface area contributed by atoms with E-state index < -0.39 is 11.2 Å². The van der Waals surface area contributed by atoms with Gasteiger partial charge in [0.2, 0.25) is 5.91 Å². The van der Waals surface area contributed by atoms with Crippen molar-refractivity contribution < 1.29 is 14.3 Å². The first-order valence-corrected chi connectivity index (χ1v) is 8.21. The fourth-order valence-corrected chi connectivity index (χ4v) is 2.52. The Balaban J connectivity index is 2.01. The maximum Gasteiger partial charge on any atom is 0.343 e. The third-order valence-corrected chi connectivity index (χ3v) is 3.96. The molecule has 0 saturated carbocycles. The van der Waals surface area contributed by atoms with Crippen LogP contribution < -0.4 is 11.1 Å². The maximum atomic E-state index is 12.2. The number of anilines is 2. The SMILES string of the molecule is CCOC(=O)c1cnc(SC(C)C(=O)Nc2ccccc2)nc1N. The third kappa shape index (κ3) is 4.69. The minimum atomic E-state index is -0.568. The van der Waals surface area contributed by atoms with Gasteiger partial charge in [-0.05, 0) is 26.0 Å². The summed E-state index contributed by atoms with van der Waals surface area (Å²) in [5, 5.41) is 2.69. The van der Waals surface area contributed by atoms with Gasteiger partial charge in [-0.1, -0.05) is 30.0 Å². The van der Waals surface area contributed by atoms with E-state index in [1.807, 2.05) is 18.2 Å². The molecular formula is C16H18N4O3S. The predicted molar refractivity (Wildman–Crippen MR) is 92.8 cm³/mol. The molecule has 1 heterocycles. The molecule has 2 aromatic rings. The summed E-state index contributed by atoms with van der Waals surface area (Å²) in [6.45, 7) is 3.68. The normalized spacial score (nSPS) is 11.6. The minimum Gasteiger partial charge on any atom is -0.462 e. The first kappa shape index (κ1) is 17.7. The molecule has 24 heavy (non-hydrogen) atoms. The monoisotopic (exact) mass is 346 g/mol. The molecule has 0 bridgehead atoms. The summed E-state index contributed by atoms with van der Waals surface area (Å²) in [6, 6.07) is 9.15. The minimum absolute atomic E-state index is 0.0293. The van der Waals surface area contributed by atoms with Crippen molar-refractivity contribution in [2.24, 2.45) is 0 Å². The van der Waals surface area contributed by atoms with Crippen LogP contribution in [-0.4, -0.2) is 33.7 Å². The highest BCUT2D eigenvalue weighted by atomic mass is 32.2. The quantitative estimate of drug-likeness (QED) is 0.469. The number of carbonyl (C=O) groups excluding carboxylic acids is 2. The number of benzene rings is 1. The molecule has 0 radical (unpaired) electrons. The highest BCUT2D eigenvalue weighted by Gasteiger charge is 2.18. The number of nitrogens with two attached hydrogens (primary N) is 1. The van der Waals surface area contributed by atoms with Crippen molar-refractivity contribution in [2.45, 2.75) is 24.3 Å². The molecular weight excluding hydrogens is 328 g/mol. The number of para-hydroxylation sites is 1. The molecule has 8 heteroatoms. The summed E-state index contributed by atoms with van der Waals surface area (Å²) in [7, 11) is 0. The maximum absolute atomic E-state index is 12.2. The molecule has 1 aromatic heterocycles. The number of ether oxygens (including phenoxy) is 1. The number of aromatic nitrogens is 2. The Bertz CT molecular complexity index is 725. The number of rotatable bonds is 6. The lowest BCUT2D eigenvalue weighted by molar-refractivity contribution is -0.115. The van der Waals surface area contributed by atoms with Gasteiger partial charge in [-0.25, -0.2) is 14.8 Å². The Morgan fingerprint density at radius 2 is 2.04 bits per heavy atom. The molecule has 0 fully saturated rings. The van der Waals surface area contributed by atoms with Crippen LogP contribution in [0, 0.1) is 0 Å². The van der Waals surface area contributed by atoms with Gasteiger partial charge in [-0.15, -0.1) is 0 Å². The van der Waals surface area contributed by atoms with Gasteiger partial charge in [-0.2, -0.15) is 0 Å². The molecule has 0 aliphatic carbocycles. The summed E-state index contributed by atoms with van der Waals surface area (Å²) in [6.07, 6.45) is 1.31. The molecule has 1 amide bonds. The zero-order valence-corrected chi connectivity index (χ0v) is 14.2. The van der Waals surface area contributed by atoms with Crippen LogP contribution in [-0.2, 0) is 9.53 Å². The van der Waals surface area contributed by atoms with Crippen LogP contribution in [0.1, 0.15) is 24.2 Å². The average Bonchev–Trinajstić information content (AvgIpc) is 2.56. The summed E-state index contributed by atoms with van der Waals surface area (Å²) < 4.78 is 4.86. The molecule has 1 unspecified atom stereocenters. The fraction of sp³-hybridized carbons (Fsp3) is 0.250. The van der Waals surface area contributed by atoms with E-state index in [9.17, 15) is 9.59 Å². The Labute approximate surface area is 144 Å². The zero-order valence-electron chi connectivity index (χ0n) is 13.4. The molecule has 126 valence electrons. The molecule has 3 N–H and O–H groups in total. The van der Waals surface area contributed by atoms with E-state index in [0.717, 1.165) is 11.8 Å². The first-order valence-electron chi connectivity index (χ1n) is 7.33. The largest absolute Gasteiger partial charge is 0.462 e. The number of thioether (sulfide) groups is 1. The van der Waals surface area contributed by atoms with Gasteiger partial charge in [0.05, 0.1) is 11.9 Å². The van der Waals surface area contributed by atoms with Gasteiger partial charge in [0.15, 0.2) is 5.16 Å². The van der Waals surface area contributed by atoms with Gasteiger partial charge in [0.25, 0.3) is 0 Å². The van der Waals surface area contributed by atoms with Crippen LogP contribution in [0.4, 0.5) is 11.5 Å². The van der Waals surface area contributed by atoms with Gasteiger partial charge >= 0.3 is 5.97 Å². The van der Waals surface area contributed by atoms with E-state index in [0.29, 0.717) is 10.8 Å². The van der Waals surface area contributed by atoms with E-state index in [-0.39, 0.29) is 23.9 Å². The molecule has 0 saturated heterocycles. The molecule has 7 nitrogen and oxygen atoms in total. The Hall–Kier alpha value is -2.61. The number of esters is 1. The van der Waals surface area contributed by atoms with Gasteiger partial charge in [0, 0.05) is 11.9 Å². The van der Waals surface area contributed by atoms with E-state index in [2.05, 4.69) is 15.3 Å². The Morgan fingerprint density at radius 3 is 2.67 bits per heavy atom. The van der Waals surface area contributed by atoms with Crippen molar-refractivity contribution in [3.63, 3.8) is 0 Å². The smallest absolute Gasteiger partial charge is 0.343 e. The summed E-state index contributed by atoms with van der Waals surface area (Å²) in [4.78, 5) is 31.9. The fourth-order valence-electron chi connectivity index (χ4n) is 1.78. The second-order valence-electron chi connectivity index (χ2n) is 4.79. The average molecular weight is 346 g/mol. The Kier molecular flexibility index (Phi) is 6.14. The molecule has 1 aromatic carbocycles. The van der Waals surface area contributed by atoms with Crippen LogP contribution >= 0.6 is 11.8 Å². The first-order chi connectivity index (χ1) is 11.5. The lowest BCUT2D eigenvalue weighted by Gasteiger charge is -2.11. The number of nitrogens with zero attached hydrogens (tertiary/aromatic N) is 2. The lowest BCUT2D eigenvalue weighted by Crippen LogP contribution is -2.22. The number of carbonyl (C=O) groups is 2. The highest BCUT2D eigenvalue weighted by Crippen LogP contribution is 2.22. The molecule has 0 aliphatic rings. The van der Waals surface area contributed by atoms with Crippen molar-refractivity contribution in [1.82, 2.24) is 9.97 Å². The van der Waals surface area contributed by atoms with Crippen LogP contribution in [0.25, 0.3) is 0 Å². The number of amides is 1. The van der Waals surface area contributed by atoms with Crippen molar-refractivity contribution in [3.8, 4) is 0 Å². The van der Waals surface area contributed by atoms with Crippen LogP contribution in [0.2, 0.25) is 0 Å². The number of nitrogen functional groups attached to an aromatic ring is 1. The summed E-state index contributed by atoms with van der Waals surface area (Å²) in [5.41, 5.74) is 6.59. The number of nitrogens with one attached hydrogen (secondary N) is 1. The van der Waals surface area contributed by atoms with E-state index in [1.165, 1.54) is 6.20 Å². The number of hydrogen-bond donors (Lipinski definition) is 2. The van der Waals surface area contributed by atoms with Crippen molar-refractivity contribution in [2.75, 3.05) is 17.7 Å². The van der Waals surface area contributed by atoms with E-state index >= 15 is 0 Å². The molecule has 2 rings (SSSR count). The lowest BCUT2D eigenvalue weighted by atomic mass is 10.3. The van der Waals surface area contributed by atoms with Crippen molar-refractivity contribution >= 4 is 35.1 Å². The predicted octanol–water partition coefficient (Wildman–Crippen LogP) is 2.35. The second-order valence-corrected chi connectivity index (χ2v) is 6.10. The second kappa shape index (κ2) is 8.30. The summed E-state index contributed by atoms with van der Waals surface area (Å²) in [5.74, 6) is -0.717. The third-order valence-electron chi connectivity index (χ3n) is 2.98. The molecule has 1 atom stereocenters. The van der Waals surface area contributed by atoms with Crippen LogP contribution in [0.3, 0.4) is 0 Å². The molecule has 0 spiro atoms. The van der Waals surface area contributed by atoms with Crippen LogP contribution in [0.5, 0.6) is 0 Å². The van der Waals surface area contributed by atoms with E-state index in [1.54, 1.807) is 26.0 Å². The van der Waals surface area contributed by atoms with E-state index in [4.69, 9.17) is 10.5 Å². The highest BCUT2D eigenvalue weighted by molar-refractivity contribution is 8.00. The number of hydrogen-bond acceptors (Lipinski definition) is 7. The zero-order chi connectivity index (χ0) is 17.5. The summed E-state index contributed by atoms with van der Waals surface area (Å²) >= 11 is 1.15. The molecule has 0 aliphatic heterocycles. The van der Waals surface area contributed by atoms with Gasteiger partial charge in [-0.3, -0.25) is 4.79 Å². The standard InChI is InChI=1S/C16H18N4O3S/c1-3-23-15(22)12-9-18-16(20-13(12)17)24-10(2)14(21)19-11-7-5-4-6-8-11/h4-10H,3H2,1-2H3,(H,19,21)(H2,17,18,20). The Morgan fingerprint density at radius 1 is 1.33 bits per heavy atom. The van der Waals surface area contributed by atoms with Crippen LogP contribution in [0.15, 0.2) is 41.7 Å². The van der Waals surface area contributed by atoms with Crippen molar-refractivity contribution in [3.05, 3.63) is 42.1 Å². The van der Waals surface area contributed by atoms with Crippen molar-refractivity contribution in [1.29, 1.82) is 0 Å². The van der Waals surface area contributed by atoms with Gasteiger partial charge in [0.1, 0.15) is 11.4 Å². The van der Waals surface area contributed by atoms with Gasteiger partial charge < -0.3 is 15.8 Å². The topological polar surface area (TPSA) is 107 Å².